The summed E-state index contributed by atoms with van der Waals surface area (Å²) < 4.78 is 0. The van der Waals surface area contributed by atoms with E-state index in [-0.39, 0.29) is 0 Å². The zero-order valence-electron chi connectivity index (χ0n) is 14.2. The fraction of sp³-hybridized carbons (Fsp3) is 0.364. The molecule has 0 saturated carbocycles. The topological polar surface area (TPSA) is 24.7 Å². The van der Waals surface area contributed by atoms with Crippen LogP contribution < -0.4 is 4.90 Å². The van der Waals surface area contributed by atoms with Gasteiger partial charge in [-0.3, -0.25) is 0 Å². The van der Waals surface area contributed by atoms with Gasteiger partial charge in [-0.2, -0.15) is 0 Å². The molecule has 1 fully saturated rings. The third kappa shape index (κ3) is 4.06. The first-order chi connectivity index (χ1) is 11.8. The molecule has 24 heavy (non-hydrogen) atoms. The van der Waals surface area contributed by atoms with Crippen molar-refractivity contribution in [2.75, 3.05) is 19.6 Å². The maximum atomic E-state index is 11.4. The summed E-state index contributed by atoms with van der Waals surface area (Å²) in [5, 5.41) is 11.4. The van der Waals surface area contributed by atoms with Gasteiger partial charge in [0.05, 0.1) is 13.1 Å². The summed E-state index contributed by atoms with van der Waals surface area (Å²) >= 11 is 0. The van der Waals surface area contributed by atoms with E-state index in [9.17, 15) is 5.11 Å². The number of rotatable bonds is 4. The van der Waals surface area contributed by atoms with Crippen LogP contribution in [0.5, 0.6) is 0 Å². The fourth-order valence-corrected chi connectivity index (χ4v) is 3.41. The maximum Gasteiger partial charge on any atom is 0.139 e. The van der Waals surface area contributed by atoms with Crippen molar-refractivity contribution in [2.24, 2.45) is 0 Å². The number of piperidine rings is 1. The van der Waals surface area contributed by atoms with Crippen molar-refractivity contribution < 1.29 is 10.0 Å². The number of hydrogen-bond acceptors (Lipinski definition) is 1. The Labute approximate surface area is 145 Å². The molecule has 2 aromatic carbocycles. The minimum Gasteiger partial charge on any atom is -0.379 e. The van der Waals surface area contributed by atoms with Gasteiger partial charge in [-0.15, -0.1) is 0 Å². The van der Waals surface area contributed by atoms with Crippen molar-refractivity contribution in [2.45, 2.75) is 31.3 Å². The Hall–Kier alpha value is -2.08. The number of nitrogens with one attached hydrogen (secondary N) is 1. The fourth-order valence-electron chi connectivity index (χ4n) is 3.41. The van der Waals surface area contributed by atoms with Crippen molar-refractivity contribution in [3.8, 4) is 11.8 Å². The largest absolute Gasteiger partial charge is 0.379 e. The quantitative estimate of drug-likeness (QED) is 0.831. The molecule has 3 rings (SSSR count). The molecule has 0 aliphatic carbocycles. The molecule has 2 nitrogen and oxygen atoms in total. The van der Waals surface area contributed by atoms with Gasteiger partial charge in [0.15, 0.2) is 0 Å². The highest BCUT2D eigenvalue weighted by atomic mass is 16.3. The van der Waals surface area contributed by atoms with Gasteiger partial charge < -0.3 is 10.0 Å². The van der Waals surface area contributed by atoms with Crippen LogP contribution in [0.4, 0.5) is 0 Å². The van der Waals surface area contributed by atoms with Gasteiger partial charge >= 0.3 is 0 Å². The molecular weight excluding hydrogens is 294 g/mol. The molecule has 0 spiro atoms. The Morgan fingerprint density at radius 3 is 1.88 bits per heavy atom. The van der Waals surface area contributed by atoms with Gasteiger partial charge in [0.25, 0.3) is 0 Å². The summed E-state index contributed by atoms with van der Waals surface area (Å²) in [4.78, 5) is 1.58. The monoisotopic (exact) mass is 320 g/mol. The molecule has 1 aliphatic rings. The van der Waals surface area contributed by atoms with Gasteiger partial charge in [-0.25, -0.2) is 0 Å². The minimum atomic E-state index is -1.05. The zero-order chi connectivity index (χ0) is 16.7. The molecule has 0 radical (unpaired) electrons. The first-order valence-corrected chi connectivity index (χ1v) is 8.92. The summed E-state index contributed by atoms with van der Waals surface area (Å²) in [5.41, 5.74) is 0.749. The van der Waals surface area contributed by atoms with E-state index in [4.69, 9.17) is 0 Å². The minimum absolute atomic E-state index is 0.425. The lowest BCUT2D eigenvalue weighted by Crippen LogP contribution is -3.12. The molecule has 2 heteroatoms. The predicted molar refractivity (Wildman–Crippen MR) is 97.7 cm³/mol. The molecule has 2 aromatic rings. The number of likely N-dealkylation sites (tertiary alicyclic amines) is 1. The van der Waals surface area contributed by atoms with Crippen molar-refractivity contribution >= 4 is 0 Å². The SMILES string of the molecule is OC(CC#CC[NH+]1CCCCC1)(c1ccccc1)c1ccccc1. The van der Waals surface area contributed by atoms with E-state index in [1.165, 1.54) is 32.4 Å². The lowest BCUT2D eigenvalue weighted by molar-refractivity contribution is -0.897. The predicted octanol–water partition coefficient (Wildman–Crippen LogP) is 2.38. The summed E-state index contributed by atoms with van der Waals surface area (Å²) in [5.74, 6) is 6.55. The van der Waals surface area contributed by atoms with Crippen LogP contribution in [0.25, 0.3) is 0 Å². The Morgan fingerprint density at radius 1 is 0.792 bits per heavy atom. The van der Waals surface area contributed by atoms with Crippen LogP contribution in [-0.4, -0.2) is 24.7 Å². The highest BCUT2D eigenvalue weighted by Crippen LogP contribution is 2.32. The van der Waals surface area contributed by atoms with E-state index in [1.54, 1.807) is 4.90 Å². The van der Waals surface area contributed by atoms with E-state index in [0.717, 1.165) is 17.7 Å². The third-order valence-corrected chi connectivity index (χ3v) is 4.87. The number of hydrogen-bond donors (Lipinski definition) is 2. The van der Waals surface area contributed by atoms with E-state index in [2.05, 4.69) is 11.8 Å². The molecule has 0 amide bonds. The maximum absolute atomic E-state index is 11.4. The molecule has 2 N–H and O–H groups in total. The van der Waals surface area contributed by atoms with Crippen LogP contribution in [0.1, 0.15) is 36.8 Å². The second-order valence-corrected chi connectivity index (χ2v) is 6.61. The second-order valence-electron chi connectivity index (χ2n) is 6.61. The number of benzene rings is 2. The third-order valence-electron chi connectivity index (χ3n) is 4.87. The lowest BCUT2D eigenvalue weighted by atomic mass is 9.84. The second kappa shape index (κ2) is 8.15. The highest BCUT2D eigenvalue weighted by Gasteiger charge is 2.30. The molecule has 1 heterocycles. The molecular formula is C22H26NO+. The van der Waals surface area contributed by atoms with Crippen LogP contribution >= 0.6 is 0 Å². The molecule has 0 unspecified atom stereocenters. The smallest absolute Gasteiger partial charge is 0.139 e. The average Bonchev–Trinajstić information content (AvgIpc) is 2.67. The molecule has 0 atom stereocenters. The first kappa shape index (κ1) is 16.8. The van der Waals surface area contributed by atoms with Crippen molar-refractivity contribution in [3.63, 3.8) is 0 Å². The van der Waals surface area contributed by atoms with Gasteiger partial charge in [0, 0.05) is 6.42 Å². The van der Waals surface area contributed by atoms with Gasteiger partial charge in [0.2, 0.25) is 0 Å². The van der Waals surface area contributed by atoms with Crippen LogP contribution in [-0.2, 0) is 5.60 Å². The average molecular weight is 320 g/mol. The Bertz CT molecular complexity index is 639. The molecule has 0 aromatic heterocycles. The molecule has 124 valence electrons. The summed E-state index contributed by atoms with van der Waals surface area (Å²) in [6.45, 7) is 3.35. The Kier molecular flexibility index (Phi) is 5.69. The zero-order valence-corrected chi connectivity index (χ0v) is 14.2. The Balaban J connectivity index is 1.76. The molecule has 1 saturated heterocycles. The lowest BCUT2D eigenvalue weighted by Gasteiger charge is -2.27. The summed E-state index contributed by atoms with van der Waals surface area (Å²) in [7, 11) is 0. The van der Waals surface area contributed by atoms with Crippen LogP contribution in [0, 0.1) is 11.8 Å². The van der Waals surface area contributed by atoms with Crippen molar-refractivity contribution in [3.05, 3.63) is 71.8 Å². The Morgan fingerprint density at radius 2 is 1.33 bits per heavy atom. The number of aliphatic hydroxyl groups is 1. The van der Waals surface area contributed by atoms with Gasteiger partial charge in [-0.05, 0) is 36.3 Å². The normalized spacial score (nSPS) is 15.5. The number of quaternary nitrogens is 1. The van der Waals surface area contributed by atoms with E-state index in [1.807, 2.05) is 60.7 Å². The van der Waals surface area contributed by atoms with Crippen LogP contribution in [0.2, 0.25) is 0 Å². The van der Waals surface area contributed by atoms with Crippen LogP contribution in [0.3, 0.4) is 0 Å². The van der Waals surface area contributed by atoms with E-state index >= 15 is 0 Å². The van der Waals surface area contributed by atoms with Gasteiger partial charge in [-0.1, -0.05) is 66.6 Å². The van der Waals surface area contributed by atoms with E-state index in [0.29, 0.717) is 6.42 Å². The first-order valence-electron chi connectivity index (χ1n) is 8.92. The summed E-state index contributed by atoms with van der Waals surface area (Å²) in [6, 6.07) is 19.7. The molecule has 0 bridgehead atoms. The van der Waals surface area contributed by atoms with Crippen LogP contribution in [0.15, 0.2) is 60.7 Å². The van der Waals surface area contributed by atoms with Crippen molar-refractivity contribution in [1.82, 2.24) is 0 Å². The summed E-state index contributed by atoms with van der Waals surface area (Å²) in [6.07, 6.45) is 4.41. The highest BCUT2D eigenvalue weighted by molar-refractivity contribution is 5.37. The van der Waals surface area contributed by atoms with Crippen molar-refractivity contribution in [1.29, 1.82) is 0 Å². The molecule has 1 aliphatic heterocycles. The van der Waals surface area contributed by atoms with Gasteiger partial charge in [0.1, 0.15) is 12.1 Å². The standard InChI is InChI=1S/C22H25NO/c24-22(20-12-4-1-5-13-20,21-14-6-2-7-15-21)16-8-11-19-23-17-9-3-10-18-23/h1-2,4-7,12-15,24H,3,9-10,16-19H2/p+1. The van der Waals surface area contributed by atoms with E-state index < -0.39 is 5.60 Å².